The second-order valence-corrected chi connectivity index (χ2v) is 7.16. The number of carboxylic acids is 1. The highest BCUT2D eigenvalue weighted by Crippen LogP contribution is 2.40. The first kappa shape index (κ1) is 17.4. The molecule has 2 atom stereocenters. The van der Waals surface area contributed by atoms with Crippen molar-refractivity contribution in [2.75, 3.05) is 24.6 Å². The van der Waals surface area contributed by atoms with Crippen molar-refractivity contribution < 1.29 is 19.7 Å². The van der Waals surface area contributed by atoms with Crippen LogP contribution in [0.25, 0.3) is 11.3 Å². The zero-order valence-corrected chi connectivity index (χ0v) is 14.9. The average molecular weight is 371 g/mol. The molecule has 2 aromatic rings. The summed E-state index contributed by atoms with van der Waals surface area (Å²) in [6.07, 6.45) is 0.286. The van der Waals surface area contributed by atoms with Crippen LogP contribution in [0.15, 0.2) is 23.0 Å². The number of nitrogens with two attached hydrogens (primary N) is 1. The molecule has 2 aliphatic rings. The summed E-state index contributed by atoms with van der Waals surface area (Å²) in [4.78, 5) is 28.2. The van der Waals surface area contributed by atoms with E-state index in [0.29, 0.717) is 28.5 Å². The fraction of sp³-hybridized carbons (Fsp3) is 0.368. The summed E-state index contributed by atoms with van der Waals surface area (Å²) in [6.45, 7) is 4.00. The van der Waals surface area contributed by atoms with Gasteiger partial charge in [0.2, 0.25) is 0 Å². The number of rotatable bonds is 2. The topological polar surface area (TPSA) is 129 Å². The number of hydrogen-bond acceptors (Lipinski definition) is 6. The van der Waals surface area contributed by atoms with Crippen LogP contribution >= 0.6 is 0 Å². The zero-order valence-electron chi connectivity index (χ0n) is 14.9. The van der Waals surface area contributed by atoms with Crippen molar-refractivity contribution in [3.63, 3.8) is 0 Å². The Kier molecular flexibility index (Phi) is 4.07. The van der Waals surface area contributed by atoms with Crippen LogP contribution in [0, 0.1) is 5.92 Å². The van der Waals surface area contributed by atoms with Gasteiger partial charge in [0.1, 0.15) is 11.5 Å². The highest BCUT2D eigenvalue weighted by Gasteiger charge is 2.29. The number of H-pyrrole nitrogens is 1. The lowest BCUT2D eigenvalue weighted by Gasteiger charge is -2.20. The van der Waals surface area contributed by atoms with E-state index in [2.05, 4.69) is 16.8 Å². The second-order valence-electron chi connectivity index (χ2n) is 7.16. The molecule has 1 aromatic carbocycles. The predicted molar refractivity (Wildman–Crippen MR) is 99.7 cm³/mol. The third-order valence-corrected chi connectivity index (χ3v) is 5.38. The lowest BCUT2D eigenvalue weighted by atomic mass is 10.00. The van der Waals surface area contributed by atoms with E-state index in [0.717, 1.165) is 18.8 Å². The molecule has 8 nitrogen and oxygen atoms in total. The van der Waals surface area contributed by atoms with E-state index in [1.54, 1.807) is 0 Å². The van der Waals surface area contributed by atoms with E-state index in [4.69, 9.17) is 10.5 Å². The molecule has 0 spiro atoms. The number of aromatic amines is 1. The number of aromatic hydroxyl groups is 1. The van der Waals surface area contributed by atoms with Gasteiger partial charge >= 0.3 is 5.97 Å². The van der Waals surface area contributed by atoms with Gasteiger partial charge < -0.3 is 30.6 Å². The monoisotopic (exact) mass is 371 g/mol. The smallest absolute Gasteiger partial charge is 0.345 e. The molecule has 8 heteroatoms. The zero-order chi connectivity index (χ0) is 19.3. The summed E-state index contributed by atoms with van der Waals surface area (Å²) in [5.74, 6) is -0.983. The Balaban J connectivity index is 1.81. The second kappa shape index (κ2) is 6.31. The van der Waals surface area contributed by atoms with E-state index in [-0.39, 0.29) is 19.1 Å². The Morgan fingerprint density at radius 3 is 2.81 bits per heavy atom. The molecule has 27 heavy (non-hydrogen) atoms. The van der Waals surface area contributed by atoms with Crippen LogP contribution in [0.2, 0.25) is 0 Å². The molecular weight excluding hydrogens is 350 g/mol. The first-order valence-corrected chi connectivity index (χ1v) is 8.86. The fourth-order valence-electron chi connectivity index (χ4n) is 3.80. The Hall–Kier alpha value is -3.00. The summed E-state index contributed by atoms with van der Waals surface area (Å²) in [6, 6.07) is 5.75. The van der Waals surface area contributed by atoms with Crippen molar-refractivity contribution in [3.8, 4) is 22.8 Å². The van der Waals surface area contributed by atoms with Gasteiger partial charge in [-0.3, -0.25) is 4.79 Å². The van der Waals surface area contributed by atoms with Crippen molar-refractivity contribution in [2.24, 2.45) is 11.7 Å². The van der Waals surface area contributed by atoms with Gasteiger partial charge in [0.15, 0.2) is 5.56 Å². The summed E-state index contributed by atoms with van der Waals surface area (Å²) < 4.78 is 5.84. The highest BCUT2D eigenvalue weighted by atomic mass is 16.5. The average Bonchev–Trinajstić information content (AvgIpc) is 2.84. The molecular formula is C19H21N3O5. The van der Waals surface area contributed by atoms with Gasteiger partial charge in [0, 0.05) is 48.4 Å². The molecule has 2 aliphatic heterocycles. The van der Waals surface area contributed by atoms with Crippen LogP contribution in [0.4, 0.5) is 5.69 Å². The first-order valence-electron chi connectivity index (χ1n) is 8.86. The third kappa shape index (κ3) is 2.82. The van der Waals surface area contributed by atoms with E-state index in [1.807, 2.05) is 18.2 Å². The van der Waals surface area contributed by atoms with Crippen molar-refractivity contribution in [1.82, 2.24) is 4.98 Å². The van der Waals surface area contributed by atoms with Crippen LogP contribution in [0.3, 0.4) is 0 Å². The number of aromatic carboxylic acids is 1. The van der Waals surface area contributed by atoms with Gasteiger partial charge in [-0.05, 0) is 18.1 Å². The van der Waals surface area contributed by atoms with Crippen molar-refractivity contribution in [3.05, 3.63) is 39.7 Å². The highest BCUT2D eigenvalue weighted by molar-refractivity contribution is 5.92. The van der Waals surface area contributed by atoms with E-state index < -0.39 is 22.8 Å². The van der Waals surface area contributed by atoms with Crippen molar-refractivity contribution in [2.45, 2.75) is 19.4 Å². The molecule has 142 valence electrons. The molecule has 1 fully saturated rings. The molecule has 0 bridgehead atoms. The maximum absolute atomic E-state index is 12.2. The SMILES string of the molecule is C[C@@H]1CN(c2ccc3c(c2)OCCc2c-3[nH]c(=O)c(C(=O)O)c2O)C[C@@H]1N. The number of hydrogen-bond donors (Lipinski definition) is 4. The molecule has 1 saturated heterocycles. The van der Waals surface area contributed by atoms with Crippen LogP contribution in [-0.4, -0.2) is 46.9 Å². The summed E-state index contributed by atoms with van der Waals surface area (Å²) in [7, 11) is 0. The minimum atomic E-state index is -1.46. The maximum Gasteiger partial charge on any atom is 0.345 e. The Labute approximate surface area is 155 Å². The number of pyridine rings is 1. The number of nitrogens with zero attached hydrogens (tertiary/aromatic N) is 1. The molecule has 0 aliphatic carbocycles. The Bertz CT molecular complexity index is 974. The van der Waals surface area contributed by atoms with Crippen LogP contribution < -0.4 is 20.9 Å². The largest absolute Gasteiger partial charge is 0.506 e. The van der Waals surface area contributed by atoms with Crippen molar-refractivity contribution in [1.29, 1.82) is 0 Å². The molecule has 0 saturated carbocycles. The number of carbonyl (C=O) groups is 1. The lowest BCUT2D eigenvalue weighted by Crippen LogP contribution is -2.28. The number of anilines is 1. The van der Waals surface area contributed by atoms with Crippen LogP contribution in [-0.2, 0) is 6.42 Å². The number of ether oxygens (including phenoxy) is 1. The van der Waals surface area contributed by atoms with Gasteiger partial charge in [0.05, 0.1) is 12.3 Å². The van der Waals surface area contributed by atoms with Gasteiger partial charge in [-0.2, -0.15) is 0 Å². The minimum absolute atomic E-state index is 0.119. The molecule has 1 aromatic heterocycles. The standard InChI is InChI=1S/C19H21N3O5/c1-9-7-22(8-13(9)20)10-2-3-11-14(6-10)27-5-4-12-16(11)21-18(24)15(17(12)23)19(25)26/h2-3,6,9,13H,4-5,7-8,20H2,1H3,(H,25,26)(H2,21,23,24)/t9-,13+/m1/s1. The number of aromatic nitrogens is 1. The molecule has 0 amide bonds. The molecule has 0 radical (unpaired) electrons. The quantitative estimate of drug-likeness (QED) is 0.623. The molecule has 3 heterocycles. The summed E-state index contributed by atoms with van der Waals surface area (Å²) in [5, 5.41) is 19.5. The normalized spacial score (nSPS) is 21.2. The van der Waals surface area contributed by atoms with E-state index in [1.165, 1.54) is 0 Å². The molecule has 4 rings (SSSR count). The van der Waals surface area contributed by atoms with Gasteiger partial charge in [-0.15, -0.1) is 0 Å². The maximum atomic E-state index is 12.2. The summed E-state index contributed by atoms with van der Waals surface area (Å²) in [5.41, 5.74) is 7.00. The first-order chi connectivity index (χ1) is 12.9. The minimum Gasteiger partial charge on any atom is -0.506 e. The number of carboxylic acid groups (broad SMARTS) is 1. The lowest BCUT2D eigenvalue weighted by molar-refractivity contribution is 0.0691. The Morgan fingerprint density at radius 1 is 1.37 bits per heavy atom. The predicted octanol–water partition coefficient (Wildman–Crippen LogP) is 1.16. The van der Waals surface area contributed by atoms with Crippen molar-refractivity contribution >= 4 is 11.7 Å². The number of fused-ring (bicyclic) bond motifs is 3. The molecule has 0 unspecified atom stereocenters. The Morgan fingerprint density at radius 2 is 2.15 bits per heavy atom. The van der Waals surface area contributed by atoms with E-state index >= 15 is 0 Å². The molecule has 5 N–H and O–H groups in total. The van der Waals surface area contributed by atoms with Crippen LogP contribution in [0.5, 0.6) is 11.5 Å². The summed E-state index contributed by atoms with van der Waals surface area (Å²) >= 11 is 0. The number of nitrogens with one attached hydrogen (secondary N) is 1. The van der Waals surface area contributed by atoms with Gasteiger partial charge in [0.25, 0.3) is 5.56 Å². The van der Waals surface area contributed by atoms with E-state index in [9.17, 15) is 19.8 Å². The van der Waals surface area contributed by atoms with Gasteiger partial charge in [-0.25, -0.2) is 4.79 Å². The fourth-order valence-corrected chi connectivity index (χ4v) is 3.80. The number of benzene rings is 1. The van der Waals surface area contributed by atoms with Gasteiger partial charge in [-0.1, -0.05) is 6.92 Å². The van der Waals surface area contributed by atoms with Crippen LogP contribution in [0.1, 0.15) is 22.8 Å². The third-order valence-electron chi connectivity index (χ3n) is 5.38.